The van der Waals surface area contributed by atoms with Gasteiger partial charge in [0, 0.05) is 28.4 Å². The fourth-order valence-electron chi connectivity index (χ4n) is 2.79. The highest BCUT2D eigenvalue weighted by molar-refractivity contribution is 7.99. The van der Waals surface area contributed by atoms with Gasteiger partial charge in [0.1, 0.15) is 0 Å². The molecule has 1 heterocycles. The van der Waals surface area contributed by atoms with Gasteiger partial charge in [0.25, 0.3) is 5.91 Å². The molecule has 0 aliphatic rings. The van der Waals surface area contributed by atoms with Crippen molar-refractivity contribution in [3.05, 3.63) is 60.3 Å². The summed E-state index contributed by atoms with van der Waals surface area (Å²) in [5.41, 5.74) is 2.67. The number of carbonyl (C=O) groups excluding carboxylic acids is 2. The molecule has 0 aliphatic carbocycles. The van der Waals surface area contributed by atoms with Gasteiger partial charge < -0.3 is 15.0 Å². The van der Waals surface area contributed by atoms with Gasteiger partial charge >= 0.3 is 5.97 Å². The normalized spacial score (nSPS) is 10.4. The molecule has 1 aromatic heterocycles. The number of hydrogen-bond acceptors (Lipinski definition) is 5. The van der Waals surface area contributed by atoms with Crippen molar-refractivity contribution in [1.82, 2.24) is 4.98 Å². The molecule has 0 unspecified atom stereocenters. The Morgan fingerprint density at radius 2 is 1.93 bits per heavy atom. The molecule has 0 saturated carbocycles. The maximum absolute atomic E-state index is 12.1. The van der Waals surface area contributed by atoms with Crippen molar-refractivity contribution in [2.75, 3.05) is 17.7 Å². The minimum absolute atomic E-state index is 0.198. The molecule has 0 fully saturated rings. The van der Waals surface area contributed by atoms with Crippen LogP contribution in [0.15, 0.2) is 59.6 Å². The summed E-state index contributed by atoms with van der Waals surface area (Å²) in [6, 6.07) is 17.1. The first-order valence-corrected chi connectivity index (χ1v) is 9.75. The molecule has 0 spiro atoms. The van der Waals surface area contributed by atoms with Crippen molar-refractivity contribution in [2.24, 2.45) is 0 Å². The molecule has 2 N–H and O–H groups in total. The van der Waals surface area contributed by atoms with E-state index in [9.17, 15) is 9.59 Å². The average molecular weight is 393 g/mol. The van der Waals surface area contributed by atoms with Crippen molar-refractivity contribution in [1.29, 1.82) is 5.26 Å². The molecule has 0 radical (unpaired) electrons. The first-order chi connectivity index (χ1) is 13.7. The van der Waals surface area contributed by atoms with Crippen molar-refractivity contribution >= 4 is 40.2 Å². The number of nitrogens with zero attached hydrogens (tertiary/aromatic N) is 1. The highest BCUT2D eigenvalue weighted by atomic mass is 32.2. The smallest absolute Gasteiger partial charge is 0.306 e. The maximum Gasteiger partial charge on any atom is 0.306 e. The molecule has 0 aliphatic heterocycles. The van der Waals surface area contributed by atoms with Crippen LogP contribution in [0, 0.1) is 11.3 Å². The molecule has 142 valence electrons. The lowest BCUT2D eigenvalue weighted by molar-refractivity contribution is -0.147. The van der Waals surface area contributed by atoms with Crippen LogP contribution in [0.3, 0.4) is 0 Å². The third kappa shape index (κ3) is 5.15. The van der Waals surface area contributed by atoms with Gasteiger partial charge in [-0.3, -0.25) is 9.59 Å². The number of thioether (sulfide) groups is 1. The van der Waals surface area contributed by atoms with Gasteiger partial charge in [-0.25, -0.2) is 0 Å². The molecule has 7 heteroatoms. The minimum atomic E-state index is -0.424. The molecule has 6 nitrogen and oxygen atoms in total. The third-order valence-corrected chi connectivity index (χ3v) is 5.03. The fraction of sp³-hybridized carbons (Fsp3) is 0.190. The van der Waals surface area contributed by atoms with Crippen molar-refractivity contribution in [3.8, 4) is 6.07 Å². The number of nitriles is 1. The second kappa shape index (κ2) is 9.62. The highest BCUT2D eigenvalue weighted by Gasteiger charge is 2.11. The van der Waals surface area contributed by atoms with E-state index in [1.54, 1.807) is 12.1 Å². The summed E-state index contributed by atoms with van der Waals surface area (Å²) in [7, 11) is 0. The van der Waals surface area contributed by atoms with E-state index in [-0.39, 0.29) is 18.8 Å². The average Bonchev–Trinajstić information content (AvgIpc) is 3.13. The van der Waals surface area contributed by atoms with Gasteiger partial charge in [-0.05, 0) is 30.2 Å². The number of aryl methyl sites for hydroxylation is 1. The molecule has 28 heavy (non-hydrogen) atoms. The van der Waals surface area contributed by atoms with Crippen LogP contribution in [-0.2, 0) is 20.7 Å². The summed E-state index contributed by atoms with van der Waals surface area (Å²) in [6.07, 6.45) is 2.63. The molecule has 2 aromatic carbocycles. The minimum Gasteiger partial charge on any atom is -0.456 e. The molecular weight excluding hydrogens is 374 g/mol. The Hall–Kier alpha value is -3.24. The number of benzene rings is 2. The molecule has 0 bridgehead atoms. The first-order valence-electron chi connectivity index (χ1n) is 8.76. The summed E-state index contributed by atoms with van der Waals surface area (Å²) in [6.45, 7) is -0.343. The number of ether oxygens (including phenoxy) is 1. The monoisotopic (exact) mass is 393 g/mol. The lowest BCUT2D eigenvalue weighted by atomic mass is 10.1. The number of para-hydroxylation sites is 2. The van der Waals surface area contributed by atoms with Crippen LogP contribution >= 0.6 is 11.8 Å². The number of aromatic amines is 1. The van der Waals surface area contributed by atoms with Crippen molar-refractivity contribution < 1.29 is 14.3 Å². The second-order valence-electron chi connectivity index (χ2n) is 6.01. The van der Waals surface area contributed by atoms with Crippen LogP contribution in [0.1, 0.15) is 12.0 Å². The van der Waals surface area contributed by atoms with E-state index in [0.717, 1.165) is 21.4 Å². The van der Waals surface area contributed by atoms with Gasteiger partial charge in [0.2, 0.25) is 0 Å². The second-order valence-corrected chi connectivity index (χ2v) is 7.03. The van der Waals surface area contributed by atoms with E-state index < -0.39 is 11.9 Å². The number of esters is 1. The van der Waals surface area contributed by atoms with Gasteiger partial charge in [-0.2, -0.15) is 5.26 Å². The largest absolute Gasteiger partial charge is 0.456 e. The summed E-state index contributed by atoms with van der Waals surface area (Å²) in [4.78, 5) is 28.0. The number of nitrogens with one attached hydrogen (secondary N) is 2. The number of hydrogen-bond donors (Lipinski definition) is 2. The maximum atomic E-state index is 12.1. The van der Waals surface area contributed by atoms with Crippen LogP contribution in [0.4, 0.5) is 5.69 Å². The quantitative estimate of drug-likeness (QED) is 0.447. The predicted molar refractivity (Wildman–Crippen MR) is 109 cm³/mol. The summed E-state index contributed by atoms with van der Waals surface area (Å²) >= 11 is 1.33. The number of carbonyl (C=O) groups is 2. The Morgan fingerprint density at radius 3 is 2.79 bits per heavy atom. The number of aromatic nitrogens is 1. The van der Waals surface area contributed by atoms with Gasteiger partial charge in [-0.1, -0.05) is 30.3 Å². The van der Waals surface area contributed by atoms with Crippen molar-refractivity contribution in [3.63, 3.8) is 0 Å². The van der Waals surface area contributed by atoms with Gasteiger partial charge in [-0.15, -0.1) is 11.8 Å². The zero-order valence-electron chi connectivity index (χ0n) is 15.1. The van der Waals surface area contributed by atoms with Crippen LogP contribution < -0.4 is 5.32 Å². The van der Waals surface area contributed by atoms with E-state index >= 15 is 0 Å². The van der Waals surface area contributed by atoms with Crippen LogP contribution in [0.5, 0.6) is 0 Å². The van der Waals surface area contributed by atoms with Crippen molar-refractivity contribution in [2.45, 2.75) is 17.7 Å². The zero-order valence-corrected chi connectivity index (χ0v) is 15.9. The summed E-state index contributed by atoms with van der Waals surface area (Å²) < 4.78 is 5.09. The van der Waals surface area contributed by atoms with Gasteiger partial charge in [0.05, 0.1) is 17.5 Å². The fourth-order valence-corrected chi connectivity index (χ4v) is 3.45. The standard InChI is InChI=1S/C21H19N3O3S/c22-11-12-28-19-8-4-3-7-18(19)24-20(25)14-27-21(26)10-9-15-13-23-17-6-2-1-5-16(15)17/h1-8,13,23H,9-10,12,14H2,(H,24,25). The Labute approximate surface area is 166 Å². The lowest BCUT2D eigenvalue weighted by Gasteiger charge is -2.10. The van der Waals surface area contributed by atoms with E-state index in [4.69, 9.17) is 10.00 Å². The molecular formula is C21H19N3O3S. The SMILES string of the molecule is N#CCSc1ccccc1NC(=O)COC(=O)CCc1c[nH]c2ccccc12. The van der Waals surface area contributed by atoms with E-state index in [1.165, 1.54) is 11.8 Å². The molecule has 0 atom stereocenters. The molecule has 3 aromatic rings. The predicted octanol–water partition coefficient (Wildman–Crippen LogP) is 3.90. The Bertz CT molecular complexity index is 1020. The van der Waals surface area contributed by atoms with E-state index in [2.05, 4.69) is 16.4 Å². The number of anilines is 1. The highest BCUT2D eigenvalue weighted by Crippen LogP contribution is 2.26. The Balaban J connectivity index is 1.47. The zero-order chi connectivity index (χ0) is 19.8. The molecule has 1 amide bonds. The van der Waals surface area contributed by atoms with Gasteiger partial charge in [0.15, 0.2) is 6.61 Å². The van der Waals surface area contributed by atoms with Crippen LogP contribution in [-0.4, -0.2) is 29.2 Å². The topological polar surface area (TPSA) is 95.0 Å². The number of rotatable bonds is 8. The van der Waals surface area contributed by atoms with E-state index in [1.807, 2.05) is 42.6 Å². The Kier molecular flexibility index (Phi) is 6.71. The first kappa shape index (κ1) is 19.5. The summed E-state index contributed by atoms with van der Waals surface area (Å²) in [5.74, 6) is -0.548. The molecule has 3 rings (SSSR count). The lowest BCUT2D eigenvalue weighted by Crippen LogP contribution is -2.21. The van der Waals surface area contributed by atoms with Crippen LogP contribution in [0.25, 0.3) is 10.9 Å². The third-order valence-electron chi connectivity index (χ3n) is 4.09. The van der Waals surface area contributed by atoms with E-state index in [0.29, 0.717) is 12.1 Å². The number of H-pyrrole nitrogens is 1. The summed E-state index contributed by atoms with van der Waals surface area (Å²) in [5, 5.41) is 12.5. The molecule has 0 saturated heterocycles. The number of fused-ring (bicyclic) bond motifs is 1. The Morgan fingerprint density at radius 1 is 1.14 bits per heavy atom. The number of amides is 1. The van der Waals surface area contributed by atoms with Crippen LogP contribution in [0.2, 0.25) is 0 Å².